The number of benzene rings is 1. The molecule has 1 aliphatic heterocycles. The number of hydrogen-bond acceptors (Lipinski definition) is 3. The van der Waals surface area contributed by atoms with E-state index in [0.717, 1.165) is 24.2 Å². The Labute approximate surface area is 115 Å². The van der Waals surface area contributed by atoms with E-state index in [-0.39, 0.29) is 11.8 Å². The van der Waals surface area contributed by atoms with Crippen molar-refractivity contribution < 1.29 is 8.42 Å². The molecule has 0 fully saturated rings. The lowest BCUT2D eigenvalue weighted by Gasteiger charge is -2.35. The van der Waals surface area contributed by atoms with Crippen LogP contribution in [0.25, 0.3) is 0 Å². The van der Waals surface area contributed by atoms with E-state index in [4.69, 9.17) is 0 Å². The molecule has 0 aromatic heterocycles. The molecule has 0 bridgehead atoms. The van der Waals surface area contributed by atoms with Gasteiger partial charge in [-0.25, -0.2) is 8.42 Å². The Morgan fingerprint density at radius 2 is 2.05 bits per heavy atom. The Morgan fingerprint density at radius 3 is 2.74 bits per heavy atom. The van der Waals surface area contributed by atoms with Crippen molar-refractivity contribution in [3.05, 3.63) is 29.8 Å². The molecule has 1 unspecified atom stereocenters. The zero-order valence-electron chi connectivity index (χ0n) is 11.6. The first-order chi connectivity index (χ1) is 9.10. The number of sulfonamides is 1. The van der Waals surface area contributed by atoms with E-state index in [2.05, 4.69) is 12.2 Å². The van der Waals surface area contributed by atoms with Crippen molar-refractivity contribution >= 4 is 15.7 Å². The van der Waals surface area contributed by atoms with Crippen LogP contribution in [0.1, 0.15) is 38.3 Å². The molecule has 0 radical (unpaired) electrons. The smallest absolute Gasteiger partial charge is 0.235 e. The third-order valence-corrected chi connectivity index (χ3v) is 5.43. The molecule has 0 saturated heterocycles. The van der Waals surface area contributed by atoms with Crippen LogP contribution in [0.2, 0.25) is 0 Å². The molecule has 1 heterocycles. The molecule has 1 aliphatic rings. The lowest BCUT2D eigenvalue weighted by molar-refractivity contribution is 0.502. The lowest BCUT2D eigenvalue weighted by Crippen LogP contribution is -2.40. The first-order valence-electron chi connectivity index (χ1n) is 6.93. The molecule has 1 atom stereocenters. The number of nitrogens with one attached hydrogen (secondary N) is 1. The molecule has 1 aromatic carbocycles. The van der Waals surface area contributed by atoms with Crippen molar-refractivity contribution in [1.29, 1.82) is 0 Å². The van der Waals surface area contributed by atoms with Crippen molar-refractivity contribution in [2.75, 3.05) is 23.1 Å². The lowest BCUT2D eigenvalue weighted by atomic mass is 9.98. The summed E-state index contributed by atoms with van der Waals surface area (Å²) in [5.41, 5.74) is 1.93. The molecule has 2 rings (SSSR count). The van der Waals surface area contributed by atoms with Crippen molar-refractivity contribution in [2.45, 2.75) is 32.7 Å². The number of hydrogen-bond donors (Lipinski definition) is 1. The highest BCUT2D eigenvalue weighted by molar-refractivity contribution is 7.92. The maximum atomic E-state index is 12.3. The molecule has 5 heteroatoms. The fraction of sp³-hybridized carbons (Fsp3) is 0.571. The third kappa shape index (κ3) is 2.92. The predicted molar refractivity (Wildman–Crippen MR) is 78.9 cm³/mol. The van der Waals surface area contributed by atoms with Gasteiger partial charge in [-0.05, 0) is 31.0 Å². The van der Waals surface area contributed by atoms with Gasteiger partial charge in [-0.3, -0.25) is 4.31 Å². The minimum absolute atomic E-state index is 0.215. The summed E-state index contributed by atoms with van der Waals surface area (Å²) in [6.45, 7) is 5.43. The van der Waals surface area contributed by atoms with Crippen LogP contribution >= 0.6 is 0 Å². The second-order valence-electron chi connectivity index (χ2n) is 4.85. The fourth-order valence-corrected chi connectivity index (χ4v) is 4.23. The molecule has 19 heavy (non-hydrogen) atoms. The molecule has 1 aromatic rings. The van der Waals surface area contributed by atoms with Crippen LogP contribution in [0.4, 0.5) is 5.69 Å². The average Bonchev–Trinajstić information content (AvgIpc) is 2.39. The SMILES string of the molecule is CCCS(=O)(=O)N1CCC(NCC)c2ccccc21. The number of para-hydroxylation sites is 1. The van der Waals surface area contributed by atoms with Gasteiger partial charge in [0.15, 0.2) is 0 Å². The summed E-state index contributed by atoms with van der Waals surface area (Å²) in [5, 5.41) is 3.42. The Hall–Kier alpha value is -1.07. The molecular weight excluding hydrogens is 260 g/mol. The number of nitrogens with zero attached hydrogens (tertiary/aromatic N) is 1. The normalized spacial score (nSPS) is 19.3. The van der Waals surface area contributed by atoms with Gasteiger partial charge in [0.1, 0.15) is 0 Å². The Kier molecular flexibility index (Phi) is 4.47. The highest BCUT2D eigenvalue weighted by atomic mass is 32.2. The quantitative estimate of drug-likeness (QED) is 0.901. The summed E-state index contributed by atoms with van der Waals surface area (Å²) in [5.74, 6) is 0.215. The summed E-state index contributed by atoms with van der Waals surface area (Å²) in [6, 6.07) is 8.07. The van der Waals surface area contributed by atoms with Gasteiger partial charge >= 0.3 is 0 Å². The molecule has 0 amide bonds. The number of anilines is 1. The summed E-state index contributed by atoms with van der Waals surface area (Å²) >= 11 is 0. The van der Waals surface area contributed by atoms with E-state index in [1.807, 2.05) is 31.2 Å². The molecule has 0 spiro atoms. The highest BCUT2D eigenvalue weighted by Gasteiger charge is 2.30. The second-order valence-corrected chi connectivity index (χ2v) is 6.86. The van der Waals surface area contributed by atoms with Gasteiger partial charge in [0, 0.05) is 12.6 Å². The second kappa shape index (κ2) is 5.92. The molecule has 1 N–H and O–H groups in total. The van der Waals surface area contributed by atoms with Crippen molar-refractivity contribution in [3.8, 4) is 0 Å². The molecule has 106 valence electrons. The minimum Gasteiger partial charge on any atom is -0.310 e. The van der Waals surface area contributed by atoms with Gasteiger partial charge in [-0.1, -0.05) is 32.0 Å². The van der Waals surface area contributed by atoms with E-state index in [9.17, 15) is 8.42 Å². The largest absolute Gasteiger partial charge is 0.310 e. The summed E-state index contributed by atoms with van der Waals surface area (Å²) in [4.78, 5) is 0. The van der Waals surface area contributed by atoms with Crippen molar-refractivity contribution in [2.24, 2.45) is 0 Å². The first-order valence-corrected chi connectivity index (χ1v) is 8.53. The third-order valence-electron chi connectivity index (χ3n) is 3.45. The Balaban J connectivity index is 2.38. The standard InChI is InChI=1S/C14H22N2O2S/c1-3-11-19(17,18)16-10-9-13(15-4-2)12-7-5-6-8-14(12)16/h5-8,13,15H,3-4,9-11H2,1-2H3. The van der Waals surface area contributed by atoms with Gasteiger partial charge in [-0.15, -0.1) is 0 Å². The van der Waals surface area contributed by atoms with Gasteiger partial charge in [0.05, 0.1) is 11.4 Å². The number of rotatable bonds is 5. The first kappa shape index (κ1) is 14.3. The average molecular weight is 282 g/mol. The van der Waals surface area contributed by atoms with Crippen LogP contribution < -0.4 is 9.62 Å². The van der Waals surface area contributed by atoms with Crippen LogP contribution in [0.3, 0.4) is 0 Å². The van der Waals surface area contributed by atoms with E-state index < -0.39 is 10.0 Å². The van der Waals surface area contributed by atoms with E-state index in [0.29, 0.717) is 13.0 Å². The van der Waals surface area contributed by atoms with Gasteiger partial charge < -0.3 is 5.32 Å². The molecule has 0 aliphatic carbocycles. The predicted octanol–water partition coefficient (Wildman–Crippen LogP) is 2.29. The topological polar surface area (TPSA) is 49.4 Å². The molecular formula is C14H22N2O2S. The highest BCUT2D eigenvalue weighted by Crippen LogP contribution is 2.35. The van der Waals surface area contributed by atoms with Crippen molar-refractivity contribution in [3.63, 3.8) is 0 Å². The van der Waals surface area contributed by atoms with Gasteiger partial charge in [0.25, 0.3) is 0 Å². The fourth-order valence-electron chi connectivity index (χ4n) is 2.65. The van der Waals surface area contributed by atoms with Crippen LogP contribution in [0.15, 0.2) is 24.3 Å². The maximum absolute atomic E-state index is 12.3. The Bertz CT molecular complexity index is 528. The zero-order chi connectivity index (χ0) is 13.9. The van der Waals surface area contributed by atoms with E-state index >= 15 is 0 Å². The number of fused-ring (bicyclic) bond motifs is 1. The van der Waals surface area contributed by atoms with Crippen LogP contribution in [-0.2, 0) is 10.0 Å². The van der Waals surface area contributed by atoms with Crippen LogP contribution in [0.5, 0.6) is 0 Å². The summed E-state index contributed by atoms with van der Waals surface area (Å²) < 4.78 is 26.2. The minimum atomic E-state index is -3.18. The maximum Gasteiger partial charge on any atom is 0.235 e. The summed E-state index contributed by atoms with van der Waals surface area (Å²) in [6.07, 6.45) is 1.48. The monoisotopic (exact) mass is 282 g/mol. The molecule has 4 nitrogen and oxygen atoms in total. The van der Waals surface area contributed by atoms with Crippen molar-refractivity contribution in [1.82, 2.24) is 5.32 Å². The Morgan fingerprint density at radius 1 is 1.32 bits per heavy atom. The van der Waals surface area contributed by atoms with Gasteiger partial charge in [-0.2, -0.15) is 0 Å². The summed E-state index contributed by atoms with van der Waals surface area (Å²) in [7, 11) is -3.18. The van der Waals surface area contributed by atoms with E-state index in [1.165, 1.54) is 0 Å². The van der Waals surface area contributed by atoms with Crippen LogP contribution in [0, 0.1) is 0 Å². The molecule has 0 saturated carbocycles. The zero-order valence-corrected chi connectivity index (χ0v) is 12.4. The van der Waals surface area contributed by atoms with E-state index in [1.54, 1.807) is 4.31 Å². The van der Waals surface area contributed by atoms with Gasteiger partial charge in [0.2, 0.25) is 10.0 Å². The van der Waals surface area contributed by atoms with Crippen LogP contribution in [-0.4, -0.2) is 27.3 Å².